The molecule has 1 aromatic carbocycles. The maximum Gasteiger partial charge on any atom is 0.249 e. The van der Waals surface area contributed by atoms with Crippen molar-refractivity contribution in [2.45, 2.75) is 32.0 Å². The van der Waals surface area contributed by atoms with Gasteiger partial charge in [-0.3, -0.25) is 9.63 Å². The van der Waals surface area contributed by atoms with E-state index in [2.05, 4.69) is 5.48 Å². The highest BCUT2D eigenvalue weighted by molar-refractivity contribution is 5.78. The Labute approximate surface area is 101 Å². The molecule has 1 amide bonds. The predicted molar refractivity (Wildman–Crippen MR) is 62.7 cm³/mol. The maximum absolute atomic E-state index is 11.6. The van der Waals surface area contributed by atoms with E-state index in [-0.39, 0.29) is 11.8 Å². The first-order valence-corrected chi connectivity index (χ1v) is 5.91. The zero-order chi connectivity index (χ0) is 12.1. The van der Waals surface area contributed by atoms with E-state index in [9.17, 15) is 9.90 Å². The van der Waals surface area contributed by atoms with Gasteiger partial charge >= 0.3 is 0 Å². The van der Waals surface area contributed by atoms with Crippen molar-refractivity contribution in [1.82, 2.24) is 5.48 Å². The van der Waals surface area contributed by atoms with Crippen LogP contribution >= 0.6 is 0 Å². The molecule has 4 nitrogen and oxygen atoms in total. The lowest BCUT2D eigenvalue weighted by Gasteiger charge is -2.13. The fourth-order valence-corrected chi connectivity index (χ4v) is 2.09. The first kappa shape index (κ1) is 12.1. The van der Waals surface area contributed by atoms with Gasteiger partial charge in [0, 0.05) is 0 Å². The van der Waals surface area contributed by atoms with Crippen LogP contribution in [0, 0.1) is 5.92 Å². The van der Waals surface area contributed by atoms with Crippen molar-refractivity contribution in [2.75, 3.05) is 0 Å². The van der Waals surface area contributed by atoms with E-state index in [4.69, 9.17) is 4.84 Å². The minimum atomic E-state index is -0.518. The predicted octanol–water partition coefficient (Wildman–Crippen LogP) is 1.40. The number of hydrogen-bond donors (Lipinski definition) is 2. The van der Waals surface area contributed by atoms with Crippen molar-refractivity contribution in [3.63, 3.8) is 0 Å². The Balaban J connectivity index is 1.73. The summed E-state index contributed by atoms with van der Waals surface area (Å²) in [5.41, 5.74) is 3.40. The van der Waals surface area contributed by atoms with Crippen LogP contribution in [0.25, 0.3) is 0 Å². The van der Waals surface area contributed by atoms with Gasteiger partial charge in [-0.1, -0.05) is 30.3 Å². The van der Waals surface area contributed by atoms with E-state index < -0.39 is 6.10 Å². The van der Waals surface area contributed by atoms with Crippen LogP contribution in [-0.4, -0.2) is 17.1 Å². The number of hydroxylamine groups is 1. The van der Waals surface area contributed by atoms with Crippen LogP contribution in [0.3, 0.4) is 0 Å². The van der Waals surface area contributed by atoms with E-state index >= 15 is 0 Å². The summed E-state index contributed by atoms with van der Waals surface area (Å²) in [5.74, 6) is -0.531. The van der Waals surface area contributed by atoms with Crippen molar-refractivity contribution >= 4 is 5.91 Å². The summed E-state index contributed by atoms with van der Waals surface area (Å²) in [6, 6.07) is 9.62. The van der Waals surface area contributed by atoms with Crippen LogP contribution in [0.1, 0.15) is 24.8 Å². The molecular weight excluding hydrogens is 218 g/mol. The van der Waals surface area contributed by atoms with E-state index in [0.29, 0.717) is 13.0 Å². The Morgan fingerprint density at radius 2 is 2.12 bits per heavy atom. The van der Waals surface area contributed by atoms with E-state index in [1.807, 2.05) is 30.3 Å². The lowest BCUT2D eigenvalue weighted by molar-refractivity contribution is -0.141. The van der Waals surface area contributed by atoms with Gasteiger partial charge in [0.2, 0.25) is 5.91 Å². The third-order valence-electron chi connectivity index (χ3n) is 3.07. The van der Waals surface area contributed by atoms with E-state index in [1.165, 1.54) is 0 Å². The summed E-state index contributed by atoms with van der Waals surface area (Å²) in [6.07, 6.45) is 1.83. The van der Waals surface area contributed by atoms with Crippen LogP contribution in [0.4, 0.5) is 0 Å². The molecule has 0 unspecified atom stereocenters. The Morgan fingerprint density at radius 1 is 1.35 bits per heavy atom. The molecule has 4 heteroatoms. The lowest BCUT2D eigenvalue weighted by Crippen LogP contribution is -2.34. The molecule has 1 fully saturated rings. The van der Waals surface area contributed by atoms with Crippen LogP contribution in [0.5, 0.6) is 0 Å². The van der Waals surface area contributed by atoms with Crippen molar-refractivity contribution in [1.29, 1.82) is 0 Å². The highest BCUT2D eigenvalue weighted by Gasteiger charge is 2.31. The standard InChI is InChI=1S/C13H17NO3/c15-12-8-4-7-11(12)13(16)14-17-9-10-5-2-1-3-6-10/h1-3,5-6,11-12,15H,4,7-9H2,(H,14,16)/t11-,12+/m0/s1. The van der Waals surface area contributed by atoms with Gasteiger partial charge in [-0.2, -0.15) is 0 Å². The molecular formula is C13H17NO3. The molecule has 0 heterocycles. The Morgan fingerprint density at radius 3 is 2.76 bits per heavy atom. The van der Waals surface area contributed by atoms with Crippen LogP contribution in [-0.2, 0) is 16.2 Å². The largest absolute Gasteiger partial charge is 0.392 e. The summed E-state index contributed by atoms with van der Waals surface area (Å²) in [5, 5.41) is 9.56. The number of carbonyl (C=O) groups excluding carboxylic acids is 1. The second-order valence-corrected chi connectivity index (χ2v) is 4.35. The van der Waals surface area contributed by atoms with Gasteiger partial charge in [0.1, 0.15) is 0 Å². The topological polar surface area (TPSA) is 58.6 Å². The van der Waals surface area contributed by atoms with Crippen LogP contribution in [0.15, 0.2) is 30.3 Å². The number of amides is 1. The minimum Gasteiger partial charge on any atom is -0.392 e. The number of aliphatic hydroxyl groups excluding tert-OH is 1. The summed E-state index contributed by atoms with van der Waals surface area (Å²) >= 11 is 0. The molecule has 0 spiro atoms. The third kappa shape index (κ3) is 3.28. The quantitative estimate of drug-likeness (QED) is 0.775. The normalized spacial score (nSPS) is 23.6. The first-order valence-electron chi connectivity index (χ1n) is 5.91. The Kier molecular flexibility index (Phi) is 4.12. The highest BCUT2D eigenvalue weighted by atomic mass is 16.6. The monoisotopic (exact) mass is 235 g/mol. The van der Waals surface area contributed by atoms with Gasteiger partial charge in [0.15, 0.2) is 0 Å². The van der Waals surface area contributed by atoms with Gasteiger partial charge in [-0.05, 0) is 24.8 Å². The maximum atomic E-state index is 11.6. The molecule has 17 heavy (non-hydrogen) atoms. The molecule has 0 bridgehead atoms. The van der Waals surface area contributed by atoms with Crippen molar-refractivity contribution < 1.29 is 14.7 Å². The first-order chi connectivity index (χ1) is 8.27. The highest BCUT2D eigenvalue weighted by Crippen LogP contribution is 2.25. The average Bonchev–Trinajstić information content (AvgIpc) is 2.77. The molecule has 0 aromatic heterocycles. The van der Waals surface area contributed by atoms with Crippen LogP contribution in [0.2, 0.25) is 0 Å². The fraction of sp³-hybridized carbons (Fsp3) is 0.462. The Bertz CT molecular complexity index is 366. The Hall–Kier alpha value is -1.39. The summed E-state index contributed by atoms with van der Waals surface area (Å²) < 4.78 is 0. The molecule has 2 rings (SSSR count). The summed E-state index contributed by atoms with van der Waals surface area (Å²) in [6.45, 7) is 0.343. The van der Waals surface area contributed by atoms with E-state index in [1.54, 1.807) is 0 Å². The smallest absolute Gasteiger partial charge is 0.249 e. The molecule has 92 valence electrons. The van der Waals surface area contributed by atoms with Crippen molar-refractivity contribution in [2.24, 2.45) is 5.92 Å². The number of rotatable bonds is 4. The molecule has 0 aliphatic heterocycles. The number of benzene rings is 1. The zero-order valence-electron chi connectivity index (χ0n) is 9.63. The third-order valence-corrected chi connectivity index (χ3v) is 3.07. The summed E-state index contributed by atoms with van der Waals surface area (Å²) in [4.78, 5) is 16.8. The molecule has 0 radical (unpaired) electrons. The van der Waals surface area contributed by atoms with E-state index in [0.717, 1.165) is 18.4 Å². The second-order valence-electron chi connectivity index (χ2n) is 4.35. The molecule has 1 aliphatic rings. The average molecular weight is 235 g/mol. The molecule has 1 aliphatic carbocycles. The summed E-state index contributed by atoms with van der Waals surface area (Å²) in [7, 11) is 0. The van der Waals surface area contributed by atoms with Crippen LogP contribution < -0.4 is 5.48 Å². The lowest BCUT2D eigenvalue weighted by atomic mass is 10.1. The second kappa shape index (κ2) is 5.80. The van der Waals surface area contributed by atoms with Gasteiger partial charge in [-0.25, -0.2) is 5.48 Å². The molecule has 2 atom stereocenters. The number of aliphatic hydroxyl groups is 1. The van der Waals surface area contributed by atoms with Crippen molar-refractivity contribution in [3.05, 3.63) is 35.9 Å². The molecule has 0 saturated heterocycles. The zero-order valence-corrected chi connectivity index (χ0v) is 9.63. The fourth-order valence-electron chi connectivity index (χ4n) is 2.09. The van der Waals surface area contributed by atoms with Gasteiger partial charge < -0.3 is 5.11 Å². The number of hydrogen-bond acceptors (Lipinski definition) is 3. The molecule has 2 N–H and O–H groups in total. The SMILES string of the molecule is O=C(NOCc1ccccc1)[C@H]1CCC[C@H]1O. The number of nitrogens with one attached hydrogen (secondary N) is 1. The minimum absolute atomic E-state index is 0.217. The van der Waals surface area contributed by atoms with Gasteiger partial charge in [0.25, 0.3) is 0 Å². The molecule has 1 saturated carbocycles. The molecule has 1 aromatic rings. The van der Waals surface area contributed by atoms with Gasteiger partial charge in [-0.15, -0.1) is 0 Å². The van der Waals surface area contributed by atoms with Crippen molar-refractivity contribution in [3.8, 4) is 0 Å². The number of carbonyl (C=O) groups is 1. The van der Waals surface area contributed by atoms with Gasteiger partial charge in [0.05, 0.1) is 18.6 Å².